The highest BCUT2D eigenvalue weighted by atomic mass is 16.5. The normalized spacial score (nSPS) is 24.0. The molecule has 27 heavy (non-hydrogen) atoms. The van der Waals surface area contributed by atoms with E-state index in [-0.39, 0.29) is 17.4 Å². The van der Waals surface area contributed by atoms with E-state index in [0.717, 1.165) is 51.4 Å². The van der Waals surface area contributed by atoms with Gasteiger partial charge in [0.2, 0.25) is 0 Å². The van der Waals surface area contributed by atoms with Crippen LogP contribution in [0.1, 0.15) is 49.9 Å². The van der Waals surface area contributed by atoms with Gasteiger partial charge in [-0.15, -0.1) is 0 Å². The summed E-state index contributed by atoms with van der Waals surface area (Å²) in [4.78, 5) is 19.7. The highest BCUT2D eigenvalue weighted by molar-refractivity contribution is 6.00. The van der Waals surface area contributed by atoms with Gasteiger partial charge in [-0.3, -0.25) is 4.79 Å². The molecule has 0 bridgehead atoms. The van der Waals surface area contributed by atoms with Gasteiger partial charge in [0.1, 0.15) is 5.82 Å². The summed E-state index contributed by atoms with van der Waals surface area (Å²) in [7, 11) is 3.76. The van der Waals surface area contributed by atoms with Gasteiger partial charge in [0.25, 0.3) is 5.91 Å². The number of hydrogen-bond donors (Lipinski definition) is 3. The molecule has 1 aromatic heterocycles. The molecule has 4 N–H and O–H groups in total. The third kappa shape index (κ3) is 4.46. The minimum Gasteiger partial charge on any atom is -0.396 e. The number of nitrogen functional groups attached to an aromatic ring is 1. The van der Waals surface area contributed by atoms with Crippen molar-refractivity contribution < 1.29 is 9.53 Å². The van der Waals surface area contributed by atoms with Gasteiger partial charge in [0, 0.05) is 32.1 Å². The highest BCUT2D eigenvalue weighted by Gasteiger charge is 2.35. The average Bonchev–Trinajstić information content (AvgIpc) is 2.61. The number of ether oxygens (including phenoxy) is 1. The van der Waals surface area contributed by atoms with E-state index in [1.807, 2.05) is 11.9 Å². The summed E-state index contributed by atoms with van der Waals surface area (Å²) >= 11 is 0. The predicted molar refractivity (Wildman–Crippen MR) is 109 cm³/mol. The van der Waals surface area contributed by atoms with Gasteiger partial charge in [-0.05, 0) is 37.7 Å². The fraction of sp³-hybridized carbons (Fsp3) is 0.700. The molecule has 150 valence electrons. The summed E-state index contributed by atoms with van der Waals surface area (Å²) < 4.78 is 5.37. The molecule has 3 rings (SSSR count). The third-order valence-electron chi connectivity index (χ3n) is 5.75. The fourth-order valence-electron chi connectivity index (χ4n) is 4.03. The number of anilines is 3. The molecule has 1 amide bonds. The Balaban J connectivity index is 1.81. The monoisotopic (exact) mass is 375 g/mol. The number of pyridine rings is 1. The molecule has 0 unspecified atom stereocenters. The molecule has 1 aliphatic carbocycles. The SMILES string of the molecule is CNc1nc(N(C)CC2(C)COC2)c(C(=O)NC2CCC(C)CC2)cc1N. The first kappa shape index (κ1) is 19.7. The molecular formula is C20H33N5O2. The Morgan fingerprint density at radius 3 is 2.59 bits per heavy atom. The van der Waals surface area contributed by atoms with E-state index in [4.69, 9.17) is 10.5 Å². The Bertz CT molecular complexity index is 681. The molecule has 2 fully saturated rings. The quantitative estimate of drug-likeness (QED) is 0.707. The summed E-state index contributed by atoms with van der Waals surface area (Å²) in [6.07, 6.45) is 4.39. The number of nitrogens with zero attached hydrogens (tertiary/aromatic N) is 2. The van der Waals surface area contributed by atoms with Crippen LogP contribution in [0.15, 0.2) is 6.07 Å². The van der Waals surface area contributed by atoms with Crippen molar-refractivity contribution >= 4 is 23.2 Å². The first-order chi connectivity index (χ1) is 12.8. The molecule has 7 heteroatoms. The second kappa shape index (κ2) is 7.92. The summed E-state index contributed by atoms with van der Waals surface area (Å²) in [6, 6.07) is 1.97. The third-order valence-corrected chi connectivity index (χ3v) is 5.75. The van der Waals surface area contributed by atoms with Crippen LogP contribution in [0.2, 0.25) is 0 Å². The highest BCUT2D eigenvalue weighted by Crippen LogP contribution is 2.32. The first-order valence-corrected chi connectivity index (χ1v) is 9.89. The van der Waals surface area contributed by atoms with Gasteiger partial charge >= 0.3 is 0 Å². The maximum absolute atomic E-state index is 13.0. The zero-order valence-electron chi connectivity index (χ0n) is 17.0. The van der Waals surface area contributed by atoms with E-state index in [1.54, 1.807) is 13.1 Å². The van der Waals surface area contributed by atoms with Gasteiger partial charge < -0.3 is 26.0 Å². The van der Waals surface area contributed by atoms with Gasteiger partial charge in [0.15, 0.2) is 5.82 Å². The maximum Gasteiger partial charge on any atom is 0.255 e. The lowest BCUT2D eigenvalue weighted by molar-refractivity contribution is -0.0952. The maximum atomic E-state index is 13.0. The number of hydrogen-bond acceptors (Lipinski definition) is 6. The van der Waals surface area contributed by atoms with E-state index >= 15 is 0 Å². The minimum atomic E-state index is -0.0896. The molecule has 1 saturated carbocycles. The van der Waals surface area contributed by atoms with E-state index in [0.29, 0.717) is 22.9 Å². The topological polar surface area (TPSA) is 92.5 Å². The van der Waals surface area contributed by atoms with Crippen molar-refractivity contribution in [2.24, 2.45) is 11.3 Å². The molecule has 1 saturated heterocycles. The van der Waals surface area contributed by atoms with Crippen molar-refractivity contribution in [1.29, 1.82) is 0 Å². The summed E-state index contributed by atoms with van der Waals surface area (Å²) in [5, 5.41) is 6.21. The molecular weight excluding hydrogens is 342 g/mol. The van der Waals surface area contributed by atoms with Crippen LogP contribution < -0.4 is 21.3 Å². The predicted octanol–water partition coefficient (Wildman–Crippen LogP) is 2.49. The number of nitrogens with one attached hydrogen (secondary N) is 2. The van der Waals surface area contributed by atoms with Crippen LogP contribution >= 0.6 is 0 Å². The van der Waals surface area contributed by atoms with Crippen LogP contribution in [0.25, 0.3) is 0 Å². The first-order valence-electron chi connectivity index (χ1n) is 9.89. The molecule has 7 nitrogen and oxygen atoms in total. The molecule has 2 heterocycles. The summed E-state index contributed by atoms with van der Waals surface area (Å²) in [5.41, 5.74) is 7.22. The number of carbonyl (C=O) groups is 1. The van der Waals surface area contributed by atoms with Crippen LogP contribution in [-0.2, 0) is 4.74 Å². The Labute approximate surface area is 162 Å². The standard InChI is InChI=1S/C20H33N5O2/c1-13-5-7-14(8-6-13)23-19(26)15-9-16(21)17(22-3)24-18(15)25(4)10-20(2)11-27-12-20/h9,13-14H,5-8,10-12,21H2,1-4H3,(H,22,24)(H,23,26). The van der Waals surface area contributed by atoms with Gasteiger partial charge in [-0.2, -0.15) is 0 Å². The van der Waals surface area contributed by atoms with Crippen LogP contribution in [0.5, 0.6) is 0 Å². The van der Waals surface area contributed by atoms with Crippen molar-refractivity contribution in [1.82, 2.24) is 10.3 Å². The van der Waals surface area contributed by atoms with Crippen LogP contribution in [0.3, 0.4) is 0 Å². The molecule has 1 aliphatic heterocycles. The van der Waals surface area contributed by atoms with Crippen molar-refractivity contribution in [2.45, 2.75) is 45.6 Å². The van der Waals surface area contributed by atoms with Gasteiger partial charge in [-0.25, -0.2) is 4.98 Å². The molecule has 0 aromatic carbocycles. The Morgan fingerprint density at radius 2 is 2.04 bits per heavy atom. The van der Waals surface area contributed by atoms with E-state index in [1.165, 1.54) is 0 Å². The van der Waals surface area contributed by atoms with Crippen LogP contribution in [-0.4, -0.2) is 50.8 Å². The lowest BCUT2D eigenvalue weighted by Gasteiger charge is -2.41. The van der Waals surface area contributed by atoms with Crippen LogP contribution in [0.4, 0.5) is 17.3 Å². The van der Waals surface area contributed by atoms with Crippen molar-refractivity contribution in [3.8, 4) is 0 Å². The second-order valence-electron chi connectivity index (χ2n) is 8.64. The summed E-state index contributed by atoms with van der Waals surface area (Å²) in [6.45, 7) is 6.69. The average molecular weight is 376 g/mol. The lowest BCUT2D eigenvalue weighted by atomic mass is 9.87. The zero-order chi connectivity index (χ0) is 19.6. The Kier molecular flexibility index (Phi) is 5.79. The van der Waals surface area contributed by atoms with E-state index in [2.05, 4.69) is 29.5 Å². The van der Waals surface area contributed by atoms with Crippen molar-refractivity contribution in [3.05, 3.63) is 11.6 Å². The second-order valence-corrected chi connectivity index (χ2v) is 8.64. The Morgan fingerprint density at radius 1 is 1.37 bits per heavy atom. The smallest absolute Gasteiger partial charge is 0.255 e. The largest absolute Gasteiger partial charge is 0.396 e. The minimum absolute atomic E-state index is 0.0882. The van der Waals surface area contributed by atoms with Crippen LogP contribution in [0, 0.1) is 11.3 Å². The number of amides is 1. The molecule has 0 radical (unpaired) electrons. The zero-order valence-corrected chi connectivity index (χ0v) is 17.0. The summed E-state index contributed by atoms with van der Waals surface area (Å²) in [5.74, 6) is 1.91. The number of carbonyl (C=O) groups excluding carboxylic acids is 1. The molecule has 1 aromatic rings. The Hall–Kier alpha value is -2.02. The molecule has 0 spiro atoms. The lowest BCUT2D eigenvalue weighted by Crippen LogP contribution is -2.48. The fourth-order valence-corrected chi connectivity index (χ4v) is 4.03. The number of rotatable bonds is 6. The van der Waals surface area contributed by atoms with Gasteiger partial charge in [0.05, 0.1) is 24.5 Å². The number of aromatic nitrogens is 1. The number of nitrogens with two attached hydrogens (primary N) is 1. The van der Waals surface area contributed by atoms with E-state index < -0.39 is 0 Å². The molecule has 0 atom stereocenters. The van der Waals surface area contributed by atoms with E-state index in [9.17, 15) is 4.79 Å². The van der Waals surface area contributed by atoms with Crippen molar-refractivity contribution in [3.63, 3.8) is 0 Å². The van der Waals surface area contributed by atoms with Gasteiger partial charge in [-0.1, -0.05) is 13.8 Å². The van der Waals surface area contributed by atoms with Crippen molar-refractivity contribution in [2.75, 3.05) is 49.8 Å². The molecule has 2 aliphatic rings.